The number of aromatic nitrogens is 2. The predicted octanol–water partition coefficient (Wildman–Crippen LogP) is 2.40. The zero-order valence-corrected chi connectivity index (χ0v) is 16.5. The molecule has 0 aliphatic rings. The Morgan fingerprint density at radius 1 is 1.04 bits per heavy atom. The summed E-state index contributed by atoms with van der Waals surface area (Å²) in [6, 6.07) is 15.9. The van der Waals surface area contributed by atoms with Crippen LogP contribution in [0.5, 0.6) is 0 Å². The molecule has 2 aromatic carbocycles. The van der Waals surface area contributed by atoms with Gasteiger partial charge in [-0.2, -0.15) is 4.98 Å². The van der Waals surface area contributed by atoms with Crippen molar-refractivity contribution < 1.29 is 17.7 Å². The third-order valence-electron chi connectivity index (χ3n) is 4.19. The van der Waals surface area contributed by atoms with E-state index in [9.17, 15) is 13.2 Å². The van der Waals surface area contributed by atoms with Crippen LogP contribution in [0.4, 0.5) is 5.69 Å². The monoisotopic (exact) mass is 400 g/mol. The molecule has 0 N–H and O–H groups in total. The van der Waals surface area contributed by atoms with Gasteiger partial charge in [-0.15, -0.1) is 0 Å². The van der Waals surface area contributed by atoms with Gasteiger partial charge in [-0.05, 0) is 12.1 Å². The zero-order chi connectivity index (χ0) is 20.3. The Kier molecular flexibility index (Phi) is 5.46. The summed E-state index contributed by atoms with van der Waals surface area (Å²) in [7, 11) is -0.505. The molecule has 1 aromatic heterocycles. The summed E-state index contributed by atoms with van der Waals surface area (Å²) in [5.41, 5.74) is 1.38. The molecule has 1 amide bonds. The molecule has 0 bridgehead atoms. The van der Waals surface area contributed by atoms with Crippen molar-refractivity contribution in [2.45, 2.75) is 6.54 Å². The van der Waals surface area contributed by atoms with Crippen molar-refractivity contribution in [2.75, 3.05) is 24.7 Å². The lowest BCUT2D eigenvalue weighted by atomic mass is 10.1. The topological polar surface area (TPSA) is 96.6 Å². The second kappa shape index (κ2) is 7.81. The molecule has 0 unspecified atom stereocenters. The van der Waals surface area contributed by atoms with Crippen molar-refractivity contribution >= 4 is 21.6 Å². The molecule has 3 rings (SSSR count). The standard InChI is InChI=1S/C19H20N4O4S/c1-22(13-17-20-18(21-27-17)14-9-5-4-6-10-14)19(24)15-11-7-8-12-16(15)23(2)28(3,25)26/h4-12H,13H2,1-3H3. The maximum atomic E-state index is 12.9. The second-order valence-corrected chi connectivity index (χ2v) is 8.30. The molecule has 3 aromatic rings. The second-order valence-electron chi connectivity index (χ2n) is 6.29. The van der Waals surface area contributed by atoms with Gasteiger partial charge in [0.15, 0.2) is 0 Å². The fraction of sp³-hybridized carbons (Fsp3) is 0.211. The van der Waals surface area contributed by atoms with Crippen molar-refractivity contribution in [2.24, 2.45) is 0 Å². The van der Waals surface area contributed by atoms with Crippen LogP contribution in [0, 0.1) is 0 Å². The summed E-state index contributed by atoms with van der Waals surface area (Å²) in [4.78, 5) is 18.6. The average molecular weight is 400 g/mol. The highest BCUT2D eigenvalue weighted by molar-refractivity contribution is 7.92. The highest BCUT2D eigenvalue weighted by atomic mass is 32.2. The van der Waals surface area contributed by atoms with E-state index in [1.54, 1.807) is 31.3 Å². The normalized spacial score (nSPS) is 11.2. The summed E-state index contributed by atoms with van der Waals surface area (Å²) in [5.74, 6) is 0.364. The number of anilines is 1. The van der Waals surface area contributed by atoms with E-state index < -0.39 is 10.0 Å². The van der Waals surface area contributed by atoms with Crippen molar-refractivity contribution in [1.29, 1.82) is 0 Å². The molecule has 0 atom stereocenters. The lowest BCUT2D eigenvalue weighted by Crippen LogP contribution is -2.31. The first-order valence-electron chi connectivity index (χ1n) is 8.44. The van der Waals surface area contributed by atoms with Crippen LogP contribution in [0.15, 0.2) is 59.1 Å². The molecule has 0 saturated heterocycles. The summed E-state index contributed by atoms with van der Waals surface area (Å²) >= 11 is 0. The number of rotatable bonds is 6. The Morgan fingerprint density at radius 3 is 2.36 bits per heavy atom. The van der Waals surface area contributed by atoms with E-state index in [0.29, 0.717) is 11.5 Å². The number of hydrogen-bond acceptors (Lipinski definition) is 6. The zero-order valence-electron chi connectivity index (χ0n) is 15.7. The van der Waals surface area contributed by atoms with Crippen LogP contribution in [-0.4, -0.2) is 49.7 Å². The molecule has 0 aliphatic carbocycles. The molecule has 0 aliphatic heterocycles. The van der Waals surface area contributed by atoms with E-state index >= 15 is 0 Å². The third-order valence-corrected chi connectivity index (χ3v) is 5.38. The average Bonchev–Trinajstić information content (AvgIpc) is 3.15. The molecule has 8 nitrogen and oxygen atoms in total. The summed E-state index contributed by atoms with van der Waals surface area (Å²) in [5, 5.41) is 3.94. The molecule has 9 heteroatoms. The number of benzene rings is 2. The van der Waals surface area contributed by atoms with Crippen molar-refractivity contribution in [3.05, 3.63) is 66.1 Å². The molecule has 0 spiro atoms. The van der Waals surface area contributed by atoms with Gasteiger partial charge in [0.1, 0.15) is 0 Å². The highest BCUT2D eigenvalue weighted by Gasteiger charge is 2.23. The Hall–Kier alpha value is -3.20. The summed E-state index contributed by atoms with van der Waals surface area (Å²) in [6.07, 6.45) is 1.08. The maximum absolute atomic E-state index is 12.9. The van der Waals surface area contributed by atoms with Gasteiger partial charge in [0.2, 0.25) is 21.7 Å². The fourth-order valence-corrected chi connectivity index (χ4v) is 3.13. The van der Waals surface area contributed by atoms with Gasteiger partial charge in [0, 0.05) is 19.7 Å². The first kappa shape index (κ1) is 19.6. The molecule has 0 radical (unpaired) electrons. The highest BCUT2D eigenvalue weighted by Crippen LogP contribution is 2.23. The van der Waals surface area contributed by atoms with Gasteiger partial charge in [-0.3, -0.25) is 9.10 Å². The van der Waals surface area contributed by atoms with Crippen LogP contribution in [0.25, 0.3) is 11.4 Å². The lowest BCUT2D eigenvalue weighted by molar-refractivity contribution is 0.0770. The Morgan fingerprint density at radius 2 is 1.68 bits per heavy atom. The third kappa shape index (κ3) is 4.20. The number of hydrogen-bond donors (Lipinski definition) is 0. The van der Waals surface area contributed by atoms with Crippen LogP contribution < -0.4 is 4.31 Å². The van der Waals surface area contributed by atoms with Crippen LogP contribution in [0.1, 0.15) is 16.2 Å². The molecule has 146 valence electrons. The fourth-order valence-electron chi connectivity index (χ4n) is 2.61. The van der Waals surface area contributed by atoms with E-state index in [1.807, 2.05) is 30.3 Å². The number of carbonyl (C=O) groups is 1. The largest absolute Gasteiger partial charge is 0.337 e. The lowest BCUT2D eigenvalue weighted by Gasteiger charge is -2.22. The van der Waals surface area contributed by atoms with E-state index in [2.05, 4.69) is 10.1 Å². The SMILES string of the molecule is CN(Cc1nc(-c2ccccc2)no1)C(=O)c1ccccc1N(C)S(C)(=O)=O. The molecule has 28 heavy (non-hydrogen) atoms. The molecular weight excluding hydrogens is 380 g/mol. The molecular formula is C19H20N4O4S. The Labute approximate surface area is 163 Å². The van der Waals surface area contributed by atoms with E-state index in [4.69, 9.17) is 4.52 Å². The van der Waals surface area contributed by atoms with Crippen molar-refractivity contribution in [3.8, 4) is 11.4 Å². The molecule has 0 fully saturated rings. The quantitative estimate of drug-likeness (QED) is 0.630. The summed E-state index contributed by atoms with van der Waals surface area (Å²) in [6.45, 7) is 0.0928. The number of para-hydroxylation sites is 1. The number of sulfonamides is 1. The van der Waals surface area contributed by atoms with Gasteiger partial charge in [-0.1, -0.05) is 47.6 Å². The Bertz CT molecular complexity index is 1080. The summed E-state index contributed by atoms with van der Waals surface area (Å²) < 4.78 is 30.1. The Balaban J connectivity index is 1.80. The number of amides is 1. The van der Waals surface area contributed by atoms with Crippen LogP contribution in [0.3, 0.4) is 0 Å². The maximum Gasteiger partial charge on any atom is 0.256 e. The van der Waals surface area contributed by atoms with E-state index in [-0.39, 0.29) is 23.9 Å². The van der Waals surface area contributed by atoms with Gasteiger partial charge < -0.3 is 9.42 Å². The minimum absolute atomic E-state index is 0.0928. The van der Waals surface area contributed by atoms with Crippen LogP contribution in [-0.2, 0) is 16.6 Å². The van der Waals surface area contributed by atoms with Gasteiger partial charge in [0.05, 0.1) is 24.1 Å². The minimum atomic E-state index is -3.50. The number of nitrogens with zero attached hydrogens (tertiary/aromatic N) is 4. The molecule has 0 saturated carbocycles. The molecule has 1 heterocycles. The first-order valence-corrected chi connectivity index (χ1v) is 10.3. The minimum Gasteiger partial charge on any atom is -0.337 e. The van der Waals surface area contributed by atoms with Crippen LogP contribution >= 0.6 is 0 Å². The van der Waals surface area contributed by atoms with Gasteiger partial charge in [0.25, 0.3) is 5.91 Å². The van der Waals surface area contributed by atoms with E-state index in [1.165, 1.54) is 11.9 Å². The number of carbonyl (C=O) groups excluding carboxylic acids is 1. The van der Waals surface area contributed by atoms with Gasteiger partial charge >= 0.3 is 0 Å². The first-order chi connectivity index (χ1) is 13.3. The smallest absolute Gasteiger partial charge is 0.256 e. The van der Waals surface area contributed by atoms with Gasteiger partial charge in [-0.25, -0.2) is 8.42 Å². The van der Waals surface area contributed by atoms with E-state index in [0.717, 1.165) is 16.1 Å². The van der Waals surface area contributed by atoms with Crippen LogP contribution in [0.2, 0.25) is 0 Å². The predicted molar refractivity (Wildman–Crippen MR) is 105 cm³/mol. The van der Waals surface area contributed by atoms with Crippen molar-refractivity contribution in [1.82, 2.24) is 15.0 Å². The van der Waals surface area contributed by atoms with Crippen molar-refractivity contribution in [3.63, 3.8) is 0 Å².